The molecule has 0 atom stereocenters. The third kappa shape index (κ3) is 4.50. The number of hydrogen-bond acceptors (Lipinski definition) is 4. The van der Waals surface area contributed by atoms with Crippen LogP contribution in [-0.2, 0) is 10.0 Å². The van der Waals surface area contributed by atoms with Gasteiger partial charge in [-0.3, -0.25) is 4.79 Å². The average Bonchev–Trinajstić information content (AvgIpc) is 2.41. The number of methoxy groups -OCH3 is 1. The largest absolute Gasteiger partial charge is 0.495 e. The van der Waals surface area contributed by atoms with Crippen LogP contribution < -0.4 is 15.2 Å². The number of nitrogens with two attached hydrogens (primary N) is 1. The lowest BCUT2D eigenvalue weighted by atomic mass is 10.2. The molecule has 0 bridgehead atoms. The highest BCUT2D eigenvalue weighted by Gasteiger charge is 2.17. The van der Waals surface area contributed by atoms with Crippen LogP contribution in [0.25, 0.3) is 0 Å². The second-order valence-corrected chi connectivity index (χ2v) is 5.90. The number of nitrogens with one attached hydrogen (secondary N) is 1. The van der Waals surface area contributed by atoms with Crippen molar-refractivity contribution in [1.29, 1.82) is 0 Å². The molecule has 7 heteroatoms. The quantitative estimate of drug-likeness (QED) is 0.741. The lowest BCUT2D eigenvalue weighted by Gasteiger charge is -2.09. The van der Waals surface area contributed by atoms with Gasteiger partial charge in [0.05, 0.1) is 7.11 Å². The molecule has 1 aromatic rings. The van der Waals surface area contributed by atoms with Crippen LogP contribution in [-0.4, -0.2) is 28.0 Å². The summed E-state index contributed by atoms with van der Waals surface area (Å²) in [6.07, 6.45) is 2.99. The Balaban J connectivity index is 2.89. The molecule has 0 radical (unpaired) electrons. The SMILES string of the molecule is CCCCCNC(=O)c1ccc(OC)c(S(N)(=O)=O)c1. The fourth-order valence-corrected chi connectivity index (χ4v) is 2.44. The van der Waals surface area contributed by atoms with Crippen LogP contribution in [0.1, 0.15) is 36.5 Å². The van der Waals surface area contributed by atoms with Crippen molar-refractivity contribution in [3.63, 3.8) is 0 Å². The zero-order valence-electron chi connectivity index (χ0n) is 11.7. The second-order valence-electron chi connectivity index (χ2n) is 4.37. The molecule has 0 unspecified atom stereocenters. The first kappa shape index (κ1) is 16.5. The zero-order valence-corrected chi connectivity index (χ0v) is 12.5. The summed E-state index contributed by atoms with van der Waals surface area (Å²) < 4.78 is 27.8. The molecule has 0 aliphatic heterocycles. The van der Waals surface area contributed by atoms with Crippen molar-refractivity contribution in [3.05, 3.63) is 23.8 Å². The van der Waals surface area contributed by atoms with Gasteiger partial charge in [0.1, 0.15) is 10.6 Å². The van der Waals surface area contributed by atoms with E-state index < -0.39 is 10.0 Å². The highest BCUT2D eigenvalue weighted by atomic mass is 32.2. The molecule has 0 saturated carbocycles. The van der Waals surface area contributed by atoms with E-state index in [1.165, 1.54) is 25.3 Å². The Labute approximate surface area is 119 Å². The normalized spacial score (nSPS) is 11.2. The van der Waals surface area contributed by atoms with E-state index >= 15 is 0 Å². The Morgan fingerprint density at radius 1 is 1.35 bits per heavy atom. The molecule has 1 amide bonds. The lowest BCUT2D eigenvalue weighted by molar-refractivity contribution is 0.0952. The van der Waals surface area contributed by atoms with Gasteiger partial charge in [0.25, 0.3) is 5.91 Å². The fourth-order valence-electron chi connectivity index (χ4n) is 1.72. The maximum atomic E-state index is 11.9. The van der Waals surface area contributed by atoms with Gasteiger partial charge in [-0.05, 0) is 24.6 Å². The number of carbonyl (C=O) groups excluding carboxylic acids is 1. The molecule has 20 heavy (non-hydrogen) atoms. The Hall–Kier alpha value is -1.60. The molecule has 0 fully saturated rings. The summed E-state index contributed by atoms with van der Waals surface area (Å²) in [5.74, 6) is -0.205. The van der Waals surface area contributed by atoms with Gasteiger partial charge in [-0.1, -0.05) is 19.8 Å². The van der Waals surface area contributed by atoms with Crippen molar-refractivity contribution in [2.24, 2.45) is 5.14 Å². The lowest BCUT2D eigenvalue weighted by Crippen LogP contribution is -2.25. The van der Waals surface area contributed by atoms with Gasteiger partial charge in [-0.2, -0.15) is 0 Å². The maximum Gasteiger partial charge on any atom is 0.251 e. The van der Waals surface area contributed by atoms with Crippen LogP contribution in [0, 0.1) is 0 Å². The van der Waals surface area contributed by atoms with Gasteiger partial charge in [0, 0.05) is 12.1 Å². The van der Waals surface area contributed by atoms with E-state index in [-0.39, 0.29) is 22.1 Å². The summed E-state index contributed by atoms with van der Waals surface area (Å²) in [6.45, 7) is 2.63. The Bertz CT molecular complexity index is 570. The van der Waals surface area contributed by atoms with Crippen LogP contribution in [0.15, 0.2) is 23.1 Å². The van der Waals surface area contributed by atoms with Crippen LogP contribution in [0.4, 0.5) is 0 Å². The van der Waals surface area contributed by atoms with Crippen molar-refractivity contribution in [2.75, 3.05) is 13.7 Å². The first-order valence-corrected chi connectivity index (χ1v) is 7.93. The van der Waals surface area contributed by atoms with Crippen LogP contribution >= 0.6 is 0 Å². The summed E-state index contributed by atoms with van der Waals surface area (Å²) in [7, 11) is -2.59. The van der Waals surface area contributed by atoms with E-state index in [1.54, 1.807) is 0 Å². The number of benzene rings is 1. The van der Waals surface area contributed by atoms with Gasteiger partial charge in [-0.15, -0.1) is 0 Å². The van der Waals surface area contributed by atoms with Crippen molar-refractivity contribution < 1.29 is 17.9 Å². The number of ether oxygens (including phenoxy) is 1. The summed E-state index contributed by atoms with van der Waals surface area (Å²) in [4.78, 5) is 11.7. The highest BCUT2D eigenvalue weighted by molar-refractivity contribution is 7.89. The van der Waals surface area contributed by atoms with E-state index in [4.69, 9.17) is 9.88 Å². The summed E-state index contributed by atoms with van der Waals surface area (Å²) in [5, 5.41) is 7.84. The van der Waals surface area contributed by atoms with E-state index in [0.717, 1.165) is 19.3 Å². The molecule has 1 aromatic carbocycles. The molecule has 0 aliphatic rings. The molecule has 0 spiro atoms. The maximum absolute atomic E-state index is 11.9. The molecule has 6 nitrogen and oxygen atoms in total. The first-order chi connectivity index (χ1) is 9.40. The highest BCUT2D eigenvalue weighted by Crippen LogP contribution is 2.23. The van der Waals surface area contributed by atoms with Gasteiger partial charge < -0.3 is 10.1 Å². The van der Waals surface area contributed by atoms with Gasteiger partial charge in [-0.25, -0.2) is 13.6 Å². The minimum Gasteiger partial charge on any atom is -0.495 e. The number of amides is 1. The minimum atomic E-state index is -3.94. The number of primary sulfonamides is 1. The van der Waals surface area contributed by atoms with Gasteiger partial charge in [0.15, 0.2) is 0 Å². The van der Waals surface area contributed by atoms with Gasteiger partial charge in [0.2, 0.25) is 10.0 Å². The average molecular weight is 300 g/mol. The third-order valence-corrected chi connectivity index (χ3v) is 3.73. The Morgan fingerprint density at radius 2 is 2.05 bits per heavy atom. The summed E-state index contributed by atoms with van der Waals surface area (Å²) in [6, 6.07) is 4.15. The number of carbonyl (C=O) groups is 1. The Kier molecular flexibility index (Phi) is 5.97. The predicted octanol–water partition coefficient (Wildman–Crippen LogP) is 1.26. The molecule has 0 aromatic heterocycles. The van der Waals surface area contributed by atoms with E-state index in [2.05, 4.69) is 12.2 Å². The van der Waals surface area contributed by atoms with Gasteiger partial charge >= 0.3 is 0 Å². The molecule has 112 valence electrons. The fraction of sp³-hybridized carbons (Fsp3) is 0.462. The zero-order chi connectivity index (χ0) is 15.2. The Morgan fingerprint density at radius 3 is 2.60 bits per heavy atom. The molecular weight excluding hydrogens is 280 g/mol. The first-order valence-electron chi connectivity index (χ1n) is 6.39. The van der Waals surface area contributed by atoms with Crippen molar-refractivity contribution in [3.8, 4) is 5.75 Å². The molecule has 0 heterocycles. The molecular formula is C13H20N2O4S. The smallest absolute Gasteiger partial charge is 0.251 e. The molecule has 1 rings (SSSR count). The predicted molar refractivity (Wildman–Crippen MR) is 76.2 cm³/mol. The standard InChI is InChI=1S/C13H20N2O4S/c1-3-4-5-8-15-13(16)10-6-7-11(19-2)12(9-10)20(14,17)18/h6-7,9H,3-5,8H2,1-2H3,(H,15,16)(H2,14,17,18). The van der Waals surface area contributed by atoms with Crippen molar-refractivity contribution in [1.82, 2.24) is 5.32 Å². The van der Waals surface area contributed by atoms with Crippen molar-refractivity contribution in [2.45, 2.75) is 31.1 Å². The monoisotopic (exact) mass is 300 g/mol. The van der Waals surface area contributed by atoms with Crippen LogP contribution in [0.3, 0.4) is 0 Å². The van der Waals surface area contributed by atoms with Crippen LogP contribution in [0.5, 0.6) is 5.75 Å². The molecule has 3 N–H and O–H groups in total. The van der Waals surface area contributed by atoms with E-state index in [0.29, 0.717) is 6.54 Å². The topological polar surface area (TPSA) is 98.5 Å². The summed E-state index contributed by atoms with van der Waals surface area (Å²) >= 11 is 0. The van der Waals surface area contributed by atoms with Crippen molar-refractivity contribution >= 4 is 15.9 Å². The summed E-state index contributed by atoms with van der Waals surface area (Å²) in [5.41, 5.74) is 0.242. The second kappa shape index (κ2) is 7.25. The minimum absolute atomic E-state index is 0.120. The third-order valence-electron chi connectivity index (χ3n) is 2.80. The van der Waals surface area contributed by atoms with Crippen LogP contribution in [0.2, 0.25) is 0 Å². The van der Waals surface area contributed by atoms with E-state index in [9.17, 15) is 13.2 Å². The number of unbranched alkanes of at least 4 members (excludes halogenated alkanes) is 2. The molecule has 0 saturated heterocycles. The number of sulfonamides is 1. The molecule has 0 aliphatic carbocycles. The van der Waals surface area contributed by atoms with E-state index in [1.807, 2.05) is 0 Å². The number of hydrogen-bond donors (Lipinski definition) is 2. The number of rotatable bonds is 7.